The fourth-order valence-corrected chi connectivity index (χ4v) is 2.52. The van der Waals surface area contributed by atoms with Gasteiger partial charge >= 0.3 is 0 Å². The smallest absolute Gasteiger partial charge is 0.242 e. The molecule has 0 spiro atoms. The predicted molar refractivity (Wildman–Crippen MR) is 80.1 cm³/mol. The zero-order valence-electron chi connectivity index (χ0n) is 13.4. The van der Waals surface area contributed by atoms with E-state index in [9.17, 15) is 14.4 Å². The molecule has 0 saturated heterocycles. The summed E-state index contributed by atoms with van der Waals surface area (Å²) in [6, 6.07) is 0. The Morgan fingerprint density at radius 1 is 1.33 bits per heavy atom. The van der Waals surface area contributed by atoms with Crippen LogP contribution in [0.2, 0.25) is 0 Å². The van der Waals surface area contributed by atoms with Gasteiger partial charge < -0.3 is 16.4 Å². The van der Waals surface area contributed by atoms with Crippen LogP contribution in [0.3, 0.4) is 0 Å². The van der Waals surface area contributed by atoms with Crippen molar-refractivity contribution in [2.75, 3.05) is 6.54 Å². The molecule has 1 rings (SSSR count). The lowest BCUT2D eigenvalue weighted by atomic mass is 9.90. The summed E-state index contributed by atoms with van der Waals surface area (Å²) >= 11 is 0. The molecule has 0 heterocycles. The van der Waals surface area contributed by atoms with E-state index in [0.717, 1.165) is 6.42 Å². The molecule has 0 bridgehead atoms. The third kappa shape index (κ3) is 5.36. The zero-order valence-corrected chi connectivity index (χ0v) is 13.4. The van der Waals surface area contributed by atoms with Gasteiger partial charge in [0, 0.05) is 18.9 Å². The largest absolute Gasteiger partial charge is 0.368 e. The molecule has 0 aromatic rings. The van der Waals surface area contributed by atoms with Gasteiger partial charge in [-0.05, 0) is 31.6 Å². The molecular formula is C15H27N3O3. The monoisotopic (exact) mass is 297 g/mol. The highest BCUT2D eigenvalue weighted by Gasteiger charge is 2.39. The van der Waals surface area contributed by atoms with E-state index in [0.29, 0.717) is 12.3 Å². The second kappa shape index (κ2) is 6.91. The maximum Gasteiger partial charge on any atom is 0.242 e. The number of carbonyl (C=O) groups excluding carboxylic acids is 3. The first-order chi connectivity index (χ1) is 9.65. The number of hydrogen-bond donors (Lipinski definition) is 3. The molecule has 6 nitrogen and oxygen atoms in total. The van der Waals surface area contributed by atoms with Crippen LogP contribution in [0.5, 0.6) is 0 Å². The van der Waals surface area contributed by atoms with Gasteiger partial charge in [-0.1, -0.05) is 20.8 Å². The minimum atomic E-state index is -1.04. The molecule has 1 aliphatic carbocycles. The molecule has 0 aromatic heterocycles. The molecule has 0 radical (unpaired) electrons. The van der Waals surface area contributed by atoms with Crippen molar-refractivity contribution in [1.29, 1.82) is 0 Å². The van der Waals surface area contributed by atoms with Gasteiger partial charge in [-0.25, -0.2) is 0 Å². The van der Waals surface area contributed by atoms with Gasteiger partial charge in [0.25, 0.3) is 0 Å². The van der Waals surface area contributed by atoms with Crippen molar-refractivity contribution in [2.24, 2.45) is 23.5 Å². The molecular weight excluding hydrogens is 270 g/mol. The van der Waals surface area contributed by atoms with Crippen LogP contribution in [0, 0.1) is 17.8 Å². The van der Waals surface area contributed by atoms with Crippen LogP contribution in [0.4, 0.5) is 0 Å². The molecule has 0 aliphatic heterocycles. The molecule has 4 N–H and O–H groups in total. The Morgan fingerprint density at radius 2 is 1.90 bits per heavy atom. The number of hydrogen-bond acceptors (Lipinski definition) is 3. The Balaban J connectivity index is 2.36. The molecule has 0 unspecified atom stereocenters. The Hall–Kier alpha value is -1.59. The van der Waals surface area contributed by atoms with Gasteiger partial charge in [0.15, 0.2) is 0 Å². The second-order valence-electron chi connectivity index (χ2n) is 6.70. The molecule has 3 atom stereocenters. The minimum absolute atomic E-state index is 0.00939. The normalized spacial score (nSPS) is 23.3. The Bertz CT molecular complexity index is 422. The van der Waals surface area contributed by atoms with Crippen LogP contribution in [0.25, 0.3) is 0 Å². The van der Waals surface area contributed by atoms with Crippen LogP contribution in [-0.2, 0) is 14.4 Å². The summed E-state index contributed by atoms with van der Waals surface area (Å²) in [5.41, 5.74) is 4.34. The summed E-state index contributed by atoms with van der Waals surface area (Å²) in [6.45, 7) is 7.87. The maximum atomic E-state index is 11.9. The number of carbonyl (C=O) groups is 3. The molecule has 120 valence electrons. The summed E-state index contributed by atoms with van der Waals surface area (Å²) in [4.78, 5) is 35.1. The molecule has 1 fully saturated rings. The highest BCUT2D eigenvalue weighted by atomic mass is 16.2. The van der Waals surface area contributed by atoms with E-state index in [1.54, 1.807) is 6.92 Å². The Morgan fingerprint density at radius 3 is 2.33 bits per heavy atom. The van der Waals surface area contributed by atoms with E-state index in [-0.39, 0.29) is 36.6 Å². The Kier molecular flexibility index (Phi) is 5.75. The molecule has 21 heavy (non-hydrogen) atoms. The number of primary amides is 1. The SMILES string of the molecule is CC(C)C[C@](C)(NC(=O)CCNC(=O)[C@H]1C[C@@H]1C)C(N)=O. The summed E-state index contributed by atoms with van der Waals surface area (Å²) in [5.74, 6) is -0.0246. The highest BCUT2D eigenvalue weighted by Crippen LogP contribution is 2.37. The lowest BCUT2D eigenvalue weighted by Gasteiger charge is -2.29. The summed E-state index contributed by atoms with van der Waals surface area (Å²) < 4.78 is 0. The van der Waals surface area contributed by atoms with Gasteiger partial charge in [-0.2, -0.15) is 0 Å². The van der Waals surface area contributed by atoms with Crippen molar-refractivity contribution in [1.82, 2.24) is 10.6 Å². The van der Waals surface area contributed by atoms with Gasteiger partial charge in [0.05, 0.1) is 0 Å². The van der Waals surface area contributed by atoms with Crippen molar-refractivity contribution in [3.8, 4) is 0 Å². The second-order valence-corrected chi connectivity index (χ2v) is 6.70. The molecule has 6 heteroatoms. The van der Waals surface area contributed by atoms with Crippen LogP contribution >= 0.6 is 0 Å². The first kappa shape index (κ1) is 17.5. The fraction of sp³-hybridized carbons (Fsp3) is 0.800. The predicted octanol–water partition coefficient (Wildman–Crippen LogP) is 0.555. The van der Waals surface area contributed by atoms with E-state index < -0.39 is 11.4 Å². The molecule has 1 saturated carbocycles. The van der Waals surface area contributed by atoms with Crippen molar-refractivity contribution < 1.29 is 14.4 Å². The topological polar surface area (TPSA) is 101 Å². The van der Waals surface area contributed by atoms with E-state index >= 15 is 0 Å². The first-order valence-corrected chi connectivity index (χ1v) is 7.54. The lowest BCUT2D eigenvalue weighted by molar-refractivity contribution is -0.131. The molecule has 1 aliphatic rings. The van der Waals surface area contributed by atoms with Crippen LogP contribution in [0.1, 0.15) is 47.0 Å². The molecule has 0 aromatic carbocycles. The average Bonchev–Trinajstić information content (AvgIpc) is 3.04. The third-order valence-electron chi connectivity index (χ3n) is 3.87. The van der Waals surface area contributed by atoms with Crippen molar-refractivity contribution >= 4 is 17.7 Å². The van der Waals surface area contributed by atoms with Crippen molar-refractivity contribution in [3.05, 3.63) is 0 Å². The van der Waals surface area contributed by atoms with Gasteiger partial charge in [-0.3, -0.25) is 14.4 Å². The van der Waals surface area contributed by atoms with E-state index in [2.05, 4.69) is 10.6 Å². The maximum absolute atomic E-state index is 11.9. The number of rotatable bonds is 8. The zero-order chi connectivity index (χ0) is 16.2. The van der Waals surface area contributed by atoms with Crippen molar-refractivity contribution in [2.45, 2.75) is 52.5 Å². The minimum Gasteiger partial charge on any atom is -0.368 e. The number of nitrogens with two attached hydrogens (primary N) is 1. The standard InChI is InChI=1S/C15H27N3O3/c1-9(2)8-15(4,14(16)21)18-12(19)5-6-17-13(20)11-7-10(11)3/h9-11H,5-8H2,1-4H3,(H2,16,21)(H,17,20)(H,18,19)/t10-,11-,15-/m0/s1. The number of amides is 3. The van der Waals surface area contributed by atoms with E-state index in [4.69, 9.17) is 5.73 Å². The fourth-order valence-electron chi connectivity index (χ4n) is 2.52. The third-order valence-corrected chi connectivity index (χ3v) is 3.87. The van der Waals surface area contributed by atoms with Gasteiger partial charge in [0.1, 0.15) is 5.54 Å². The Labute approximate surface area is 126 Å². The van der Waals surface area contributed by atoms with E-state index in [1.165, 1.54) is 0 Å². The van der Waals surface area contributed by atoms with E-state index in [1.807, 2.05) is 20.8 Å². The summed E-state index contributed by atoms with van der Waals surface area (Å²) in [5, 5.41) is 5.43. The quantitative estimate of drug-likeness (QED) is 0.610. The highest BCUT2D eigenvalue weighted by molar-refractivity contribution is 5.90. The lowest BCUT2D eigenvalue weighted by Crippen LogP contribution is -2.56. The summed E-state index contributed by atoms with van der Waals surface area (Å²) in [6.07, 6.45) is 1.56. The van der Waals surface area contributed by atoms with Crippen LogP contribution in [0.15, 0.2) is 0 Å². The molecule has 3 amide bonds. The van der Waals surface area contributed by atoms with Crippen LogP contribution in [-0.4, -0.2) is 29.8 Å². The van der Waals surface area contributed by atoms with Gasteiger partial charge in [-0.15, -0.1) is 0 Å². The average molecular weight is 297 g/mol. The number of nitrogens with one attached hydrogen (secondary N) is 2. The summed E-state index contributed by atoms with van der Waals surface area (Å²) in [7, 11) is 0. The van der Waals surface area contributed by atoms with Gasteiger partial charge in [0.2, 0.25) is 17.7 Å². The first-order valence-electron chi connectivity index (χ1n) is 7.54. The van der Waals surface area contributed by atoms with Crippen molar-refractivity contribution in [3.63, 3.8) is 0 Å². The van der Waals surface area contributed by atoms with Crippen LogP contribution < -0.4 is 16.4 Å².